The Kier molecular flexibility index (Phi) is 2.07. The van der Waals surface area contributed by atoms with E-state index >= 15 is 0 Å². The molecule has 0 bridgehead atoms. The van der Waals surface area contributed by atoms with Gasteiger partial charge in [-0.1, -0.05) is 6.07 Å². The van der Waals surface area contributed by atoms with Crippen LogP contribution < -0.4 is 11.5 Å². The van der Waals surface area contributed by atoms with Crippen molar-refractivity contribution in [3.8, 4) is 11.5 Å². The first-order chi connectivity index (χ1) is 7.08. The molecule has 0 aliphatic carbocycles. The van der Waals surface area contributed by atoms with Gasteiger partial charge in [0.1, 0.15) is 0 Å². The molecule has 1 aromatic carbocycles. The zero-order valence-corrected chi connectivity index (χ0v) is 8.61. The molecule has 5 nitrogen and oxygen atoms in total. The molecule has 1 aromatic heterocycles. The van der Waals surface area contributed by atoms with Crippen molar-refractivity contribution in [1.29, 1.82) is 0 Å². The second-order valence-corrected chi connectivity index (χ2v) is 3.50. The molecule has 1 heterocycles. The van der Waals surface area contributed by atoms with Crippen molar-refractivity contribution in [2.75, 3.05) is 11.5 Å². The summed E-state index contributed by atoms with van der Waals surface area (Å²) in [5.41, 5.74) is 14.8. The lowest BCUT2D eigenvalue weighted by Crippen LogP contribution is -1.95. The maximum Gasteiger partial charge on any atom is 0.261 e. The van der Waals surface area contributed by atoms with Crippen LogP contribution in [-0.4, -0.2) is 10.1 Å². The number of nitrogens with zero attached hydrogens (tertiary/aromatic N) is 2. The van der Waals surface area contributed by atoms with Gasteiger partial charge in [-0.25, -0.2) is 0 Å². The van der Waals surface area contributed by atoms with Crippen LogP contribution in [0.15, 0.2) is 16.7 Å². The molecule has 2 rings (SSSR count). The zero-order chi connectivity index (χ0) is 11.0. The van der Waals surface area contributed by atoms with Gasteiger partial charge in [-0.05, 0) is 36.2 Å². The first kappa shape index (κ1) is 9.51. The highest BCUT2D eigenvalue weighted by Crippen LogP contribution is 2.28. The number of nitrogens with two attached hydrogens (primary N) is 2. The molecule has 15 heavy (non-hydrogen) atoms. The maximum atomic E-state index is 5.92. The minimum absolute atomic E-state index is 0.114. The number of benzene rings is 1. The second-order valence-electron chi connectivity index (χ2n) is 3.50. The van der Waals surface area contributed by atoms with Crippen molar-refractivity contribution >= 4 is 11.6 Å². The Hall–Kier alpha value is -2.04. The van der Waals surface area contributed by atoms with Crippen molar-refractivity contribution in [3.05, 3.63) is 23.3 Å². The van der Waals surface area contributed by atoms with Crippen LogP contribution in [0, 0.1) is 13.8 Å². The normalized spacial score (nSPS) is 10.5. The Morgan fingerprint density at radius 1 is 1.20 bits per heavy atom. The summed E-state index contributed by atoms with van der Waals surface area (Å²) in [4.78, 5) is 3.94. The molecule has 0 aliphatic rings. The van der Waals surface area contributed by atoms with Crippen LogP contribution in [0.25, 0.3) is 11.5 Å². The standard InChI is InChI=1S/C10H12N4O/c1-5-3-6(2)8(11)7(4-5)9-13-10(12)14-15-9/h3-4H,11H2,1-2H3,(H2,12,14). The van der Waals surface area contributed by atoms with Crippen LogP contribution in [0.4, 0.5) is 11.6 Å². The Morgan fingerprint density at radius 3 is 2.53 bits per heavy atom. The van der Waals surface area contributed by atoms with Crippen LogP contribution in [-0.2, 0) is 0 Å². The molecule has 0 saturated carbocycles. The van der Waals surface area contributed by atoms with Gasteiger partial charge in [0.15, 0.2) is 0 Å². The van der Waals surface area contributed by atoms with E-state index in [2.05, 4.69) is 10.1 Å². The van der Waals surface area contributed by atoms with E-state index < -0.39 is 0 Å². The lowest BCUT2D eigenvalue weighted by Gasteiger charge is -2.05. The molecule has 78 valence electrons. The van der Waals surface area contributed by atoms with Crippen molar-refractivity contribution in [2.24, 2.45) is 0 Å². The minimum atomic E-state index is 0.114. The topological polar surface area (TPSA) is 91.0 Å². The van der Waals surface area contributed by atoms with Gasteiger partial charge in [0.2, 0.25) is 0 Å². The fourth-order valence-corrected chi connectivity index (χ4v) is 1.50. The number of aryl methyl sites for hydroxylation is 2. The lowest BCUT2D eigenvalue weighted by atomic mass is 10.0. The highest BCUT2D eigenvalue weighted by molar-refractivity contribution is 5.74. The van der Waals surface area contributed by atoms with Gasteiger partial charge in [0, 0.05) is 5.69 Å². The highest BCUT2D eigenvalue weighted by atomic mass is 16.5. The Morgan fingerprint density at radius 2 is 1.93 bits per heavy atom. The maximum absolute atomic E-state index is 5.92. The van der Waals surface area contributed by atoms with Gasteiger partial charge < -0.3 is 16.0 Å². The summed E-state index contributed by atoms with van der Waals surface area (Å²) in [6.07, 6.45) is 0. The number of hydrogen-bond acceptors (Lipinski definition) is 5. The third-order valence-corrected chi connectivity index (χ3v) is 2.20. The molecule has 4 N–H and O–H groups in total. The van der Waals surface area contributed by atoms with Crippen LogP contribution >= 0.6 is 0 Å². The molecule has 2 aromatic rings. The molecule has 0 atom stereocenters. The molecule has 0 unspecified atom stereocenters. The van der Waals surface area contributed by atoms with Gasteiger partial charge in [-0.3, -0.25) is 0 Å². The average molecular weight is 204 g/mol. The molecule has 0 saturated heterocycles. The van der Waals surface area contributed by atoms with Crippen molar-refractivity contribution in [2.45, 2.75) is 13.8 Å². The van der Waals surface area contributed by atoms with Crippen LogP contribution in [0.3, 0.4) is 0 Å². The molecule has 0 spiro atoms. The van der Waals surface area contributed by atoms with E-state index in [1.165, 1.54) is 0 Å². The largest absolute Gasteiger partial charge is 0.398 e. The molecule has 5 heteroatoms. The fraction of sp³-hybridized carbons (Fsp3) is 0.200. The fourth-order valence-electron chi connectivity index (χ4n) is 1.50. The molecular weight excluding hydrogens is 192 g/mol. The monoisotopic (exact) mass is 204 g/mol. The van der Waals surface area contributed by atoms with Gasteiger partial charge in [-0.15, -0.1) is 0 Å². The summed E-state index contributed by atoms with van der Waals surface area (Å²) >= 11 is 0. The van der Waals surface area contributed by atoms with E-state index in [0.29, 0.717) is 11.6 Å². The van der Waals surface area contributed by atoms with Gasteiger partial charge >= 0.3 is 0 Å². The highest BCUT2D eigenvalue weighted by Gasteiger charge is 2.12. The predicted octanol–water partition coefficient (Wildman–Crippen LogP) is 1.52. The third kappa shape index (κ3) is 1.63. The molecule has 0 amide bonds. The van der Waals surface area contributed by atoms with E-state index in [9.17, 15) is 0 Å². The number of anilines is 2. The van der Waals surface area contributed by atoms with Crippen LogP contribution in [0.5, 0.6) is 0 Å². The lowest BCUT2D eigenvalue weighted by molar-refractivity contribution is 0.433. The van der Waals surface area contributed by atoms with Crippen molar-refractivity contribution in [3.63, 3.8) is 0 Å². The predicted molar refractivity (Wildman–Crippen MR) is 58.0 cm³/mol. The van der Waals surface area contributed by atoms with E-state index in [1.54, 1.807) is 0 Å². The van der Waals surface area contributed by atoms with E-state index in [4.69, 9.17) is 16.0 Å². The van der Waals surface area contributed by atoms with Gasteiger partial charge in [0.25, 0.3) is 11.8 Å². The second kappa shape index (κ2) is 3.27. The average Bonchev–Trinajstić information content (AvgIpc) is 2.58. The number of aromatic nitrogens is 2. The first-order valence-electron chi connectivity index (χ1n) is 4.54. The number of rotatable bonds is 1. The van der Waals surface area contributed by atoms with Gasteiger partial charge in [-0.2, -0.15) is 4.98 Å². The Bertz CT molecular complexity index is 504. The summed E-state index contributed by atoms with van der Waals surface area (Å²) in [6, 6.07) is 3.90. The van der Waals surface area contributed by atoms with Crippen molar-refractivity contribution in [1.82, 2.24) is 10.1 Å². The summed E-state index contributed by atoms with van der Waals surface area (Å²) in [5, 5.41) is 3.53. The third-order valence-electron chi connectivity index (χ3n) is 2.20. The smallest absolute Gasteiger partial charge is 0.261 e. The summed E-state index contributed by atoms with van der Waals surface area (Å²) in [7, 11) is 0. The molecule has 0 radical (unpaired) electrons. The Balaban J connectivity index is 2.62. The minimum Gasteiger partial charge on any atom is -0.398 e. The SMILES string of the molecule is Cc1cc(C)c(N)c(-c2nc(N)no2)c1. The van der Waals surface area contributed by atoms with Crippen LogP contribution in [0.1, 0.15) is 11.1 Å². The van der Waals surface area contributed by atoms with E-state index in [-0.39, 0.29) is 5.95 Å². The summed E-state index contributed by atoms with van der Waals surface area (Å²) < 4.78 is 4.98. The van der Waals surface area contributed by atoms with Gasteiger partial charge in [0.05, 0.1) is 5.56 Å². The number of nitrogen functional groups attached to an aromatic ring is 2. The number of hydrogen-bond donors (Lipinski definition) is 2. The quantitative estimate of drug-likeness (QED) is 0.687. The summed E-state index contributed by atoms with van der Waals surface area (Å²) in [5.74, 6) is 0.473. The van der Waals surface area contributed by atoms with Crippen LogP contribution in [0.2, 0.25) is 0 Å². The molecular formula is C10H12N4O. The van der Waals surface area contributed by atoms with E-state index in [1.807, 2.05) is 26.0 Å². The van der Waals surface area contributed by atoms with E-state index in [0.717, 1.165) is 16.7 Å². The Labute approximate surface area is 87.1 Å². The zero-order valence-electron chi connectivity index (χ0n) is 8.61. The molecule has 0 aliphatic heterocycles. The molecule has 0 fully saturated rings. The first-order valence-corrected chi connectivity index (χ1v) is 4.54. The summed E-state index contributed by atoms with van der Waals surface area (Å²) in [6.45, 7) is 3.92. The van der Waals surface area contributed by atoms with Crippen molar-refractivity contribution < 1.29 is 4.52 Å².